The van der Waals surface area contributed by atoms with Crippen molar-refractivity contribution in [2.24, 2.45) is 0 Å². The maximum Gasteiger partial charge on any atom is 0.514 e. The molecule has 0 aliphatic rings. The van der Waals surface area contributed by atoms with Gasteiger partial charge in [0, 0.05) is 6.54 Å². The minimum absolute atomic E-state index is 0.0275. The largest absolute Gasteiger partial charge is 0.514 e. The van der Waals surface area contributed by atoms with E-state index in [0.717, 1.165) is 0 Å². The minimum atomic E-state index is -1.16. The Kier molecular flexibility index (Phi) is 12.2. The molecule has 0 radical (unpaired) electrons. The summed E-state index contributed by atoms with van der Waals surface area (Å²) in [5.74, 6) is -1.45. The molecule has 0 saturated heterocycles. The lowest BCUT2D eigenvalue weighted by Gasteiger charge is -2.24. The van der Waals surface area contributed by atoms with Gasteiger partial charge in [-0.25, -0.2) is 14.4 Å². The summed E-state index contributed by atoms with van der Waals surface area (Å²) in [5.41, 5.74) is -1.93. The first-order valence-corrected chi connectivity index (χ1v) is 13.0. The Morgan fingerprint density at radius 2 is 1.35 bits per heavy atom. The van der Waals surface area contributed by atoms with Crippen molar-refractivity contribution in [3.63, 3.8) is 0 Å². The Balaban J connectivity index is 3.04. The SMILES string of the molecule is CCC(C)(C)OC(=O)OC(C)CN[C@@H](Cc1ccc(OC(=O)OC(C)(C)C)c(OC(=O)OC(C)(C)C)c1)C(=O)O. The Hall–Kier alpha value is -3.54. The Bertz CT molecular complexity index is 1040. The van der Waals surface area contributed by atoms with E-state index in [2.05, 4.69) is 5.32 Å². The number of hydrogen-bond acceptors (Lipinski definition) is 11. The van der Waals surface area contributed by atoms with E-state index < -0.39 is 53.4 Å². The normalized spacial score (nSPS) is 13.4. The molecule has 226 valence electrons. The highest BCUT2D eigenvalue weighted by Gasteiger charge is 2.26. The van der Waals surface area contributed by atoms with Gasteiger partial charge in [0.15, 0.2) is 11.5 Å². The zero-order chi connectivity index (χ0) is 30.9. The maximum atomic E-state index is 12.3. The molecular formula is C28H43NO11. The number of hydrogen-bond donors (Lipinski definition) is 2. The lowest BCUT2D eigenvalue weighted by Crippen LogP contribution is -2.43. The second-order valence-electron chi connectivity index (χ2n) is 11.8. The molecule has 0 saturated carbocycles. The number of carbonyl (C=O) groups is 4. The van der Waals surface area contributed by atoms with Crippen molar-refractivity contribution in [3.8, 4) is 11.5 Å². The van der Waals surface area contributed by atoms with Crippen molar-refractivity contribution in [2.75, 3.05) is 6.54 Å². The van der Waals surface area contributed by atoms with Crippen LogP contribution in [0.1, 0.15) is 81.2 Å². The van der Waals surface area contributed by atoms with Crippen LogP contribution in [0.15, 0.2) is 18.2 Å². The van der Waals surface area contributed by atoms with Gasteiger partial charge < -0.3 is 38.8 Å². The van der Waals surface area contributed by atoms with Gasteiger partial charge in [-0.05, 0) is 92.9 Å². The van der Waals surface area contributed by atoms with Crippen LogP contribution in [0.25, 0.3) is 0 Å². The standard InChI is InChI=1S/C28H43NO11/c1-11-28(9,10)40-23(32)35-17(2)16-29-19(22(30)31)14-18-12-13-20(36-24(33)38-26(3,4)5)21(15-18)37-25(34)39-27(6,7)8/h12-13,15,17,19,29H,11,14,16H2,1-10H3,(H,30,31)/t17?,19-/m0/s1. The molecule has 2 N–H and O–H groups in total. The number of carboxylic acids is 1. The number of carboxylic acid groups (broad SMARTS) is 1. The third kappa shape index (κ3) is 14.0. The zero-order valence-corrected chi connectivity index (χ0v) is 25.0. The van der Waals surface area contributed by atoms with E-state index in [1.807, 2.05) is 6.92 Å². The summed E-state index contributed by atoms with van der Waals surface area (Å²) in [7, 11) is 0. The first-order valence-electron chi connectivity index (χ1n) is 13.0. The number of ether oxygens (including phenoxy) is 6. The second kappa shape index (κ2) is 14.2. The smallest absolute Gasteiger partial charge is 0.480 e. The van der Waals surface area contributed by atoms with E-state index in [4.69, 9.17) is 28.4 Å². The third-order valence-electron chi connectivity index (χ3n) is 5.07. The van der Waals surface area contributed by atoms with E-state index in [1.165, 1.54) is 18.2 Å². The van der Waals surface area contributed by atoms with E-state index in [0.29, 0.717) is 12.0 Å². The fraction of sp³-hybridized carbons (Fsp3) is 0.643. The molecule has 0 spiro atoms. The van der Waals surface area contributed by atoms with Crippen molar-refractivity contribution >= 4 is 24.4 Å². The first-order chi connectivity index (χ1) is 18.2. The van der Waals surface area contributed by atoms with Gasteiger partial charge in [-0.1, -0.05) is 13.0 Å². The lowest BCUT2D eigenvalue weighted by atomic mass is 10.0. The van der Waals surface area contributed by atoms with E-state index in [-0.39, 0.29) is 24.5 Å². The summed E-state index contributed by atoms with van der Waals surface area (Å²) >= 11 is 0. The molecule has 12 heteroatoms. The van der Waals surface area contributed by atoms with Crippen LogP contribution >= 0.6 is 0 Å². The lowest BCUT2D eigenvalue weighted by molar-refractivity contribution is -0.139. The number of aliphatic carboxylic acids is 1. The molecule has 0 aliphatic carbocycles. The molecule has 0 aromatic heterocycles. The molecule has 0 amide bonds. The van der Waals surface area contributed by atoms with Crippen LogP contribution in [0.3, 0.4) is 0 Å². The fourth-order valence-electron chi connectivity index (χ4n) is 2.88. The minimum Gasteiger partial charge on any atom is -0.480 e. The average Bonchev–Trinajstić information content (AvgIpc) is 2.74. The summed E-state index contributed by atoms with van der Waals surface area (Å²) in [5, 5.41) is 12.6. The van der Waals surface area contributed by atoms with Gasteiger partial charge in [0.2, 0.25) is 0 Å². The Morgan fingerprint density at radius 3 is 1.82 bits per heavy atom. The predicted molar refractivity (Wildman–Crippen MR) is 145 cm³/mol. The molecule has 1 aromatic carbocycles. The molecule has 1 aromatic rings. The first kappa shape index (κ1) is 34.5. The summed E-state index contributed by atoms with van der Waals surface area (Å²) in [6.45, 7) is 16.9. The molecule has 0 bridgehead atoms. The van der Waals surface area contributed by atoms with Crippen molar-refractivity contribution in [1.29, 1.82) is 0 Å². The van der Waals surface area contributed by atoms with Crippen molar-refractivity contribution in [3.05, 3.63) is 23.8 Å². The van der Waals surface area contributed by atoms with Gasteiger partial charge in [-0.3, -0.25) is 4.79 Å². The van der Waals surface area contributed by atoms with Gasteiger partial charge in [-0.2, -0.15) is 0 Å². The van der Waals surface area contributed by atoms with E-state index >= 15 is 0 Å². The van der Waals surface area contributed by atoms with Crippen LogP contribution < -0.4 is 14.8 Å². The third-order valence-corrected chi connectivity index (χ3v) is 5.07. The molecular weight excluding hydrogens is 526 g/mol. The summed E-state index contributed by atoms with van der Waals surface area (Å²) < 4.78 is 31.3. The highest BCUT2D eigenvalue weighted by atomic mass is 16.8. The van der Waals surface area contributed by atoms with Crippen molar-refractivity contribution in [1.82, 2.24) is 5.32 Å². The maximum absolute atomic E-state index is 12.3. The zero-order valence-electron chi connectivity index (χ0n) is 25.0. The molecule has 0 aliphatic heterocycles. The number of benzene rings is 1. The van der Waals surface area contributed by atoms with Gasteiger partial charge in [0.1, 0.15) is 28.9 Å². The van der Waals surface area contributed by atoms with E-state index in [9.17, 15) is 24.3 Å². The number of nitrogens with one attached hydrogen (secondary N) is 1. The highest BCUT2D eigenvalue weighted by Crippen LogP contribution is 2.31. The van der Waals surface area contributed by atoms with Gasteiger partial charge in [0.25, 0.3) is 0 Å². The molecule has 12 nitrogen and oxygen atoms in total. The number of rotatable bonds is 11. The van der Waals surface area contributed by atoms with Crippen molar-refractivity contribution in [2.45, 2.75) is 111 Å². The summed E-state index contributed by atoms with van der Waals surface area (Å²) in [6.07, 6.45) is -3.05. The van der Waals surface area contributed by atoms with Gasteiger partial charge >= 0.3 is 24.4 Å². The van der Waals surface area contributed by atoms with Crippen LogP contribution in [-0.4, -0.2) is 65.0 Å². The quantitative estimate of drug-likeness (QED) is 0.193. The van der Waals surface area contributed by atoms with Crippen LogP contribution in [0.4, 0.5) is 14.4 Å². The molecule has 1 rings (SSSR count). The number of carbonyl (C=O) groups excluding carboxylic acids is 3. The molecule has 0 fully saturated rings. The average molecular weight is 570 g/mol. The van der Waals surface area contributed by atoms with Crippen LogP contribution in [0.5, 0.6) is 11.5 Å². The van der Waals surface area contributed by atoms with Gasteiger partial charge in [-0.15, -0.1) is 0 Å². The summed E-state index contributed by atoms with van der Waals surface area (Å²) in [4.78, 5) is 48.5. The topological polar surface area (TPSA) is 156 Å². The second-order valence-corrected chi connectivity index (χ2v) is 11.8. The monoisotopic (exact) mass is 569 g/mol. The van der Waals surface area contributed by atoms with Crippen molar-refractivity contribution < 1.29 is 52.7 Å². The molecule has 2 atom stereocenters. The Morgan fingerprint density at radius 1 is 0.825 bits per heavy atom. The Labute approximate surface area is 235 Å². The van der Waals surface area contributed by atoms with Crippen LogP contribution in [0.2, 0.25) is 0 Å². The van der Waals surface area contributed by atoms with Gasteiger partial charge in [0.05, 0.1) is 0 Å². The molecule has 40 heavy (non-hydrogen) atoms. The van der Waals surface area contributed by atoms with Crippen LogP contribution in [0, 0.1) is 0 Å². The predicted octanol–water partition coefficient (Wildman–Crippen LogP) is 5.63. The fourth-order valence-corrected chi connectivity index (χ4v) is 2.88. The van der Waals surface area contributed by atoms with E-state index in [1.54, 1.807) is 62.3 Å². The highest BCUT2D eigenvalue weighted by molar-refractivity contribution is 5.74. The molecule has 1 unspecified atom stereocenters. The van der Waals surface area contributed by atoms with Crippen LogP contribution in [-0.2, 0) is 30.2 Å². The summed E-state index contributed by atoms with van der Waals surface area (Å²) in [6, 6.07) is 3.14. The molecule has 0 heterocycles.